The molecule has 0 heterocycles. The molecule has 0 spiro atoms. The predicted molar refractivity (Wildman–Crippen MR) is 134 cm³/mol. The number of carbonyl (C=O) groups excluding carboxylic acids is 1. The van der Waals surface area contributed by atoms with Crippen LogP contribution in [0.2, 0.25) is 0 Å². The summed E-state index contributed by atoms with van der Waals surface area (Å²) in [6.45, 7) is 0. The summed E-state index contributed by atoms with van der Waals surface area (Å²) in [4.78, 5) is 12.9. The Balaban J connectivity index is 1.78. The van der Waals surface area contributed by atoms with E-state index in [1.807, 2.05) is 54.6 Å². The van der Waals surface area contributed by atoms with Gasteiger partial charge in [-0.25, -0.2) is 0 Å². The van der Waals surface area contributed by atoms with Gasteiger partial charge in [0.05, 0.1) is 5.69 Å². The largest absolute Gasteiger partial charge is 0.339 e. The molecular weight excluding hydrogens is 564 g/mol. The van der Waals surface area contributed by atoms with E-state index in [1.165, 1.54) is 0 Å². The molecule has 3 aromatic carbocycles. The van der Waals surface area contributed by atoms with E-state index in [2.05, 4.69) is 38.5 Å². The summed E-state index contributed by atoms with van der Waals surface area (Å²) in [5, 5.41) is 10.6. The van der Waals surface area contributed by atoms with E-state index in [4.69, 9.17) is 47.0 Å². The van der Waals surface area contributed by atoms with Crippen molar-refractivity contribution in [3.63, 3.8) is 0 Å². The molecule has 29 heavy (non-hydrogen) atoms. The molecule has 0 aromatic heterocycles. The molecular formula is C20H15Cl3IN3OS. The molecule has 3 aromatic rings. The zero-order chi connectivity index (χ0) is 21.0. The van der Waals surface area contributed by atoms with Gasteiger partial charge in [0.2, 0.25) is 3.79 Å². The molecule has 9 heteroatoms. The first-order valence-electron chi connectivity index (χ1n) is 8.43. The molecule has 0 aliphatic heterocycles. The van der Waals surface area contributed by atoms with Gasteiger partial charge in [0.15, 0.2) is 5.11 Å². The fraction of sp³-hybridized carbons (Fsp3) is 0.100. The average molecular weight is 579 g/mol. The van der Waals surface area contributed by atoms with Crippen molar-refractivity contribution in [1.29, 1.82) is 0 Å². The first-order valence-corrected chi connectivity index (χ1v) is 11.0. The van der Waals surface area contributed by atoms with Crippen molar-refractivity contribution in [2.75, 3.05) is 5.32 Å². The van der Waals surface area contributed by atoms with Gasteiger partial charge in [-0.15, -0.1) is 0 Å². The summed E-state index contributed by atoms with van der Waals surface area (Å²) in [7, 11) is 0. The van der Waals surface area contributed by atoms with E-state index in [1.54, 1.807) is 12.1 Å². The molecule has 3 N–H and O–H groups in total. The summed E-state index contributed by atoms with van der Waals surface area (Å²) in [6.07, 6.45) is -1.06. The standard InChI is InChI=1S/C20H15Cl3IN3OS/c21-20(22,23)18(27-19(29)25-16-11-4-3-10-15(16)24)26-17(28)14-9-5-7-12-6-1-2-8-13(12)14/h1-11,18H,(H,26,28)(H2,25,27,29)/t18-/m0/s1. The number of fused-ring (bicyclic) bond motifs is 1. The molecule has 3 rings (SSSR count). The molecule has 0 saturated carbocycles. The summed E-state index contributed by atoms with van der Waals surface area (Å²) < 4.78 is -0.866. The van der Waals surface area contributed by atoms with Crippen LogP contribution in [0.3, 0.4) is 0 Å². The fourth-order valence-corrected chi connectivity index (χ4v) is 3.76. The second kappa shape index (κ2) is 9.66. The minimum Gasteiger partial charge on any atom is -0.339 e. The van der Waals surface area contributed by atoms with Gasteiger partial charge < -0.3 is 16.0 Å². The number of carbonyl (C=O) groups is 1. The van der Waals surface area contributed by atoms with Crippen molar-refractivity contribution < 1.29 is 4.79 Å². The molecule has 0 aliphatic rings. The Labute approximate surface area is 202 Å². The summed E-state index contributed by atoms with van der Waals surface area (Å²) in [5.74, 6) is -0.386. The summed E-state index contributed by atoms with van der Waals surface area (Å²) in [5.41, 5.74) is 1.27. The van der Waals surface area contributed by atoms with Crippen LogP contribution in [0.25, 0.3) is 10.8 Å². The van der Waals surface area contributed by atoms with E-state index in [0.717, 1.165) is 20.0 Å². The fourth-order valence-electron chi connectivity index (χ4n) is 2.68. The molecule has 0 fully saturated rings. The maximum absolute atomic E-state index is 12.9. The van der Waals surface area contributed by atoms with E-state index < -0.39 is 9.96 Å². The van der Waals surface area contributed by atoms with Gasteiger partial charge in [0, 0.05) is 9.13 Å². The van der Waals surface area contributed by atoms with E-state index >= 15 is 0 Å². The van der Waals surface area contributed by atoms with Gasteiger partial charge in [-0.2, -0.15) is 0 Å². The number of anilines is 1. The Kier molecular flexibility index (Phi) is 7.45. The number of halogens is 4. The number of alkyl halides is 3. The number of rotatable bonds is 4. The van der Waals surface area contributed by atoms with Gasteiger partial charge in [-0.05, 0) is 63.8 Å². The molecule has 4 nitrogen and oxygen atoms in total. The number of hydrogen-bond acceptors (Lipinski definition) is 2. The maximum Gasteiger partial charge on any atom is 0.253 e. The highest BCUT2D eigenvalue weighted by Crippen LogP contribution is 2.30. The van der Waals surface area contributed by atoms with Crippen LogP contribution in [-0.4, -0.2) is 21.0 Å². The van der Waals surface area contributed by atoms with Gasteiger partial charge in [0.25, 0.3) is 5.91 Å². The van der Waals surface area contributed by atoms with Crippen LogP contribution in [0, 0.1) is 3.57 Å². The lowest BCUT2D eigenvalue weighted by Crippen LogP contribution is -2.56. The monoisotopic (exact) mass is 577 g/mol. The number of benzene rings is 3. The molecule has 0 radical (unpaired) electrons. The Morgan fingerprint density at radius 3 is 2.31 bits per heavy atom. The van der Waals surface area contributed by atoms with E-state index in [0.29, 0.717) is 5.56 Å². The predicted octanol–water partition coefficient (Wildman–Crippen LogP) is 5.86. The van der Waals surface area contributed by atoms with Crippen LogP contribution in [-0.2, 0) is 0 Å². The molecule has 1 atom stereocenters. The van der Waals surface area contributed by atoms with Gasteiger partial charge in [-0.1, -0.05) is 83.3 Å². The third-order valence-electron chi connectivity index (χ3n) is 4.03. The highest BCUT2D eigenvalue weighted by Gasteiger charge is 2.35. The van der Waals surface area contributed by atoms with Crippen LogP contribution in [0.4, 0.5) is 5.69 Å². The van der Waals surface area contributed by atoms with Crippen LogP contribution < -0.4 is 16.0 Å². The van der Waals surface area contributed by atoms with Crippen molar-refractivity contribution in [1.82, 2.24) is 10.6 Å². The van der Waals surface area contributed by atoms with Crippen LogP contribution >= 0.6 is 69.6 Å². The van der Waals surface area contributed by atoms with Crippen LogP contribution in [0.1, 0.15) is 10.4 Å². The minimum absolute atomic E-state index is 0.212. The average Bonchev–Trinajstić information content (AvgIpc) is 2.68. The maximum atomic E-state index is 12.9. The van der Waals surface area contributed by atoms with Crippen molar-refractivity contribution in [2.45, 2.75) is 9.96 Å². The highest BCUT2D eigenvalue weighted by atomic mass is 127. The van der Waals surface area contributed by atoms with Gasteiger partial charge >= 0.3 is 0 Å². The van der Waals surface area contributed by atoms with Crippen molar-refractivity contribution in [3.05, 3.63) is 75.9 Å². The van der Waals surface area contributed by atoms with Gasteiger partial charge in [0.1, 0.15) is 6.17 Å². The normalized spacial score (nSPS) is 12.3. The van der Waals surface area contributed by atoms with Crippen molar-refractivity contribution in [2.24, 2.45) is 0 Å². The quantitative estimate of drug-likeness (QED) is 0.157. The Morgan fingerprint density at radius 2 is 1.59 bits per heavy atom. The second-order valence-electron chi connectivity index (χ2n) is 6.05. The number of hydrogen-bond donors (Lipinski definition) is 3. The second-order valence-corrected chi connectivity index (χ2v) is 9.99. The number of amides is 1. The molecule has 0 aliphatic carbocycles. The number of thiocarbonyl (C=S) groups is 1. The Bertz CT molecular complexity index is 1050. The Morgan fingerprint density at radius 1 is 0.931 bits per heavy atom. The molecule has 0 bridgehead atoms. The molecule has 150 valence electrons. The molecule has 0 saturated heterocycles. The zero-order valence-corrected chi connectivity index (χ0v) is 20.0. The minimum atomic E-state index is -1.84. The van der Waals surface area contributed by atoms with E-state index in [-0.39, 0.29) is 11.0 Å². The Hall–Kier alpha value is -1.32. The van der Waals surface area contributed by atoms with Crippen LogP contribution in [0.15, 0.2) is 66.7 Å². The third kappa shape index (κ3) is 5.86. The molecule has 0 unspecified atom stereocenters. The molecule has 1 amide bonds. The highest BCUT2D eigenvalue weighted by molar-refractivity contribution is 14.1. The lowest BCUT2D eigenvalue weighted by atomic mass is 10.0. The number of para-hydroxylation sites is 1. The lowest BCUT2D eigenvalue weighted by Gasteiger charge is -2.28. The van der Waals surface area contributed by atoms with Crippen molar-refractivity contribution in [3.8, 4) is 0 Å². The lowest BCUT2D eigenvalue weighted by molar-refractivity contribution is 0.0936. The first-order chi connectivity index (χ1) is 13.8. The SMILES string of the molecule is O=C(N[C@@H](NC(=S)Nc1ccccc1I)C(Cl)(Cl)Cl)c1cccc2ccccc12. The van der Waals surface area contributed by atoms with Crippen molar-refractivity contribution >= 4 is 97.1 Å². The third-order valence-corrected chi connectivity index (χ3v) is 5.85. The summed E-state index contributed by atoms with van der Waals surface area (Å²) >= 11 is 25.8. The number of nitrogens with one attached hydrogen (secondary N) is 3. The smallest absolute Gasteiger partial charge is 0.253 e. The van der Waals surface area contributed by atoms with E-state index in [9.17, 15) is 4.79 Å². The van der Waals surface area contributed by atoms with Gasteiger partial charge in [-0.3, -0.25) is 4.79 Å². The summed E-state index contributed by atoms with van der Waals surface area (Å²) in [6, 6.07) is 20.6. The topological polar surface area (TPSA) is 53.2 Å². The first kappa shape index (κ1) is 22.4. The zero-order valence-electron chi connectivity index (χ0n) is 14.8. The van der Waals surface area contributed by atoms with Crippen LogP contribution in [0.5, 0.6) is 0 Å².